The van der Waals surface area contributed by atoms with Gasteiger partial charge in [-0.3, -0.25) is 4.79 Å². The van der Waals surface area contributed by atoms with Crippen molar-refractivity contribution in [1.82, 2.24) is 20.4 Å². The number of benzene rings is 1. The van der Waals surface area contributed by atoms with Crippen molar-refractivity contribution in [2.24, 2.45) is 5.92 Å². The molecule has 1 saturated heterocycles. The zero-order valence-corrected chi connectivity index (χ0v) is 14.0. The maximum Gasteiger partial charge on any atom is 0.254 e. The molecule has 3 rings (SSSR count). The highest BCUT2D eigenvalue weighted by molar-refractivity contribution is 9.10. The number of aromatic nitrogens is 2. The van der Waals surface area contributed by atoms with E-state index in [0.717, 1.165) is 29.7 Å². The Morgan fingerprint density at radius 2 is 2.36 bits per heavy atom. The average molecular weight is 363 g/mol. The van der Waals surface area contributed by atoms with E-state index in [1.165, 1.54) is 0 Å². The molecule has 1 aromatic heterocycles. The van der Waals surface area contributed by atoms with E-state index in [0.29, 0.717) is 11.5 Å². The van der Waals surface area contributed by atoms with Crippen LogP contribution in [0.5, 0.6) is 0 Å². The smallest absolute Gasteiger partial charge is 0.254 e. The number of carbonyl (C=O) groups excluding carboxylic acids is 1. The first-order valence-electron chi connectivity index (χ1n) is 7.45. The fourth-order valence-electron chi connectivity index (χ4n) is 2.68. The molecule has 0 spiro atoms. The lowest BCUT2D eigenvalue weighted by Gasteiger charge is -2.30. The fourth-order valence-corrected chi connectivity index (χ4v) is 3.07. The van der Waals surface area contributed by atoms with E-state index in [4.69, 9.17) is 0 Å². The van der Waals surface area contributed by atoms with E-state index in [9.17, 15) is 4.79 Å². The highest BCUT2D eigenvalue weighted by Gasteiger charge is 2.23. The Morgan fingerprint density at radius 3 is 3.14 bits per heavy atom. The van der Waals surface area contributed by atoms with E-state index in [1.54, 1.807) is 17.1 Å². The summed E-state index contributed by atoms with van der Waals surface area (Å²) in [4.78, 5) is 12.4. The van der Waals surface area contributed by atoms with Crippen molar-refractivity contribution in [2.45, 2.75) is 19.4 Å². The molecule has 2 aromatic rings. The lowest BCUT2D eigenvalue weighted by atomic mass is 9.95. The number of hydrogen-bond acceptors (Lipinski definition) is 3. The minimum atomic E-state index is -0.0556. The van der Waals surface area contributed by atoms with Crippen LogP contribution in [-0.4, -0.2) is 34.8 Å². The Balaban J connectivity index is 1.71. The van der Waals surface area contributed by atoms with Crippen LogP contribution in [-0.2, 0) is 0 Å². The van der Waals surface area contributed by atoms with Gasteiger partial charge >= 0.3 is 0 Å². The fraction of sp³-hybridized carbons (Fsp3) is 0.375. The Bertz CT molecular complexity index is 670. The standard InChI is InChI=1S/C16H19BrN4O/c1-11-8-18-6-5-15(11)20-16(22)12-9-19-21(10-12)14-4-2-3-13(17)7-14/h2-4,7,9-11,15,18H,5-6,8H2,1H3,(H,20,22). The molecule has 1 aliphatic rings. The third-order valence-electron chi connectivity index (χ3n) is 4.02. The molecule has 1 aromatic carbocycles. The molecule has 2 atom stereocenters. The summed E-state index contributed by atoms with van der Waals surface area (Å²) in [5, 5.41) is 10.7. The van der Waals surface area contributed by atoms with Crippen LogP contribution in [0.1, 0.15) is 23.7 Å². The van der Waals surface area contributed by atoms with Crippen LogP contribution >= 0.6 is 15.9 Å². The molecule has 2 unspecified atom stereocenters. The summed E-state index contributed by atoms with van der Waals surface area (Å²) >= 11 is 3.44. The Hall–Kier alpha value is -1.66. The van der Waals surface area contributed by atoms with Gasteiger partial charge in [-0.1, -0.05) is 28.9 Å². The molecule has 0 bridgehead atoms. The molecule has 5 nitrogen and oxygen atoms in total. The van der Waals surface area contributed by atoms with Gasteiger partial charge in [-0.15, -0.1) is 0 Å². The maximum atomic E-state index is 12.4. The molecule has 22 heavy (non-hydrogen) atoms. The molecule has 0 aliphatic carbocycles. The van der Waals surface area contributed by atoms with Gasteiger partial charge in [0.15, 0.2) is 0 Å². The van der Waals surface area contributed by atoms with E-state index >= 15 is 0 Å². The molecule has 6 heteroatoms. The van der Waals surface area contributed by atoms with Crippen LogP contribution in [0, 0.1) is 5.92 Å². The quantitative estimate of drug-likeness (QED) is 0.880. The first-order valence-corrected chi connectivity index (χ1v) is 8.25. The second-order valence-electron chi connectivity index (χ2n) is 5.70. The number of piperidine rings is 1. The van der Waals surface area contributed by atoms with Crippen molar-refractivity contribution in [2.75, 3.05) is 13.1 Å². The minimum absolute atomic E-state index is 0.0556. The maximum absolute atomic E-state index is 12.4. The largest absolute Gasteiger partial charge is 0.349 e. The minimum Gasteiger partial charge on any atom is -0.349 e. The van der Waals surface area contributed by atoms with Gasteiger partial charge in [-0.2, -0.15) is 5.10 Å². The lowest BCUT2D eigenvalue weighted by Crippen LogP contribution is -2.48. The molecule has 1 aliphatic heterocycles. The normalized spacial score (nSPS) is 21.5. The molecular weight excluding hydrogens is 344 g/mol. The van der Waals surface area contributed by atoms with Crippen molar-refractivity contribution >= 4 is 21.8 Å². The number of nitrogens with one attached hydrogen (secondary N) is 2. The lowest BCUT2D eigenvalue weighted by molar-refractivity contribution is 0.0914. The van der Waals surface area contributed by atoms with Gasteiger partial charge in [0.05, 0.1) is 17.4 Å². The molecule has 1 fully saturated rings. The van der Waals surface area contributed by atoms with Crippen molar-refractivity contribution in [3.05, 3.63) is 46.7 Å². The Kier molecular flexibility index (Phi) is 4.59. The van der Waals surface area contributed by atoms with Crippen LogP contribution in [0.4, 0.5) is 0 Å². The van der Waals surface area contributed by atoms with Crippen molar-refractivity contribution in [3.63, 3.8) is 0 Å². The van der Waals surface area contributed by atoms with Crippen LogP contribution in [0.15, 0.2) is 41.1 Å². The summed E-state index contributed by atoms with van der Waals surface area (Å²) in [6, 6.07) is 8.04. The summed E-state index contributed by atoms with van der Waals surface area (Å²) in [7, 11) is 0. The van der Waals surface area contributed by atoms with Crippen LogP contribution in [0.25, 0.3) is 5.69 Å². The van der Waals surface area contributed by atoms with Gasteiger partial charge < -0.3 is 10.6 Å². The second kappa shape index (κ2) is 6.62. The number of hydrogen-bond donors (Lipinski definition) is 2. The van der Waals surface area contributed by atoms with Crippen molar-refractivity contribution < 1.29 is 4.79 Å². The Morgan fingerprint density at radius 1 is 1.50 bits per heavy atom. The van der Waals surface area contributed by atoms with Crippen LogP contribution in [0.2, 0.25) is 0 Å². The number of carbonyl (C=O) groups is 1. The molecule has 2 N–H and O–H groups in total. The summed E-state index contributed by atoms with van der Waals surface area (Å²) in [5.41, 5.74) is 1.51. The van der Waals surface area contributed by atoms with Crippen molar-refractivity contribution in [1.29, 1.82) is 0 Å². The van der Waals surface area contributed by atoms with E-state index < -0.39 is 0 Å². The van der Waals surface area contributed by atoms with Crippen molar-refractivity contribution in [3.8, 4) is 5.69 Å². The molecule has 0 radical (unpaired) electrons. The number of halogens is 1. The van der Waals surface area contributed by atoms with Crippen LogP contribution in [0.3, 0.4) is 0 Å². The molecule has 2 heterocycles. The van der Waals surface area contributed by atoms with Crippen LogP contribution < -0.4 is 10.6 Å². The number of amides is 1. The topological polar surface area (TPSA) is 58.9 Å². The monoisotopic (exact) mass is 362 g/mol. The van der Waals surface area contributed by atoms with Gasteiger partial charge in [-0.25, -0.2) is 4.68 Å². The highest BCUT2D eigenvalue weighted by atomic mass is 79.9. The third kappa shape index (κ3) is 3.39. The predicted molar refractivity (Wildman–Crippen MR) is 89.2 cm³/mol. The first-order chi connectivity index (χ1) is 10.6. The van der Waals surface area contributed by atoms with Gasteiger partial charge in [-0.05, 0) is 43.6 Å². The zero-order valence-electron chi connectivity index (χ0n) is 12.4. The zero-order chi connectivity index (χ0) is 15.5. The molecular formula is C16H19BrN4O. The molecule has 116 valence electrons. The predicted octanol–water partition coefficient (Wildman–Crippen LogP) is 2.36. The Labute approximate surface area is 138 Å². The van der Waals surface area contributed by atoms with E-state index in [1.807, 2.05) is 24.3 Å². The van der Waals surface area contributed by atoms with E-state index in [2.05, 4.69) is 38.6 Å². The first kappa shape index (κ1) is 15.2. The van der Waals surface area contributed by atoms with Gasteiger partial charge in [0.25, 0.3) is 5.91 Å². The van der Waals surface area contributed by atoms with Gasteiger partial charge in [0, 0.05) is 16.7 Å². The second-order valence-corrected chi connectivity index (χ2v) is 6.62. The third-order valence-corrected chi connectivity index (χ3v) is 4.51. The summed E-state index contributed by atoms with van der Waals surface area (Å²) < 4.78 is 2.70. The summed E-state index contributed by atoms with van der Waals surface area (Å²) in [6.07, 6.45) is 4.34. The number of nitrogens with zero attached hydrogens (tertiary/aromatic N) is 2. The SMILES string of the molecule is CC1CNCCC1NC(=O)c1cnn(-c2cccc(Br)c2)c1. The van der Waals surface area contributed by atoms with Gasteiger partial charge in [0.1, 0.15) is 0 Å². The van der Waals surface area contributed by atoms with Gasteiger partial charge in [0.2, 0.25) is 0 Å². The summed E-state index contributed by atoms with van der Waals surface area (Å²) in [5.74, 6) is 0.387. The average Bonchev–Trinajstić information content (AvgIpc) is 2.99. The highest BCUT2D eigenvalue weighted by Crippen LogP contribution is 2.16. The number of rotatable bonds is 3. The summed E-state index contributed by atoms with van der Waals surface area (Å²) in [6.45, 7) is 4.05. The molecule has 0 saturated carbocycles. The van der Waals surface area contributed by atoms with E-state index in [-0.39, 0.29) is 11.9 Å². The molecule has 1 amide bonds.